The van der Waals surface area contributed by atoms with Gasteiger partial charge >= 0.3 is 0 Å². The highest BCUT2D eigenvalue weighted by atomic mass is 16.2. The molecule has 1 aliphatic rings. The van der Waals surface area contributed by atoms with E-state index in [0.717, 1.165) is 6.42 Å². The van der Waals surface area contributed by atoms with E-state index in [1.165, 1.54) is 0 Å². The first kappa shape index (κ1) is 12.5. The second-order valence-electron chi connectivity index (χ2n) is 3.85. The molecule has 5 nitrogen and oxygen atoms in total. The van der Waals surface area contributed by atoms with Crippen LogP contribution in [0.1, 0.15) is 19.8 Å². The average Bonchev–Trinajstić information content (AvgIpc) is 2.68. The van der Waals surface area contributed by atoms with Crippen LogP contribution in [-0.2, 0) is 9.59 Å². The third kappa shape index (κ3) is 3.91. The Balaban J connectivity index is 2.19. The summed E-state index contributed by atoms with van der Waals surface area (Å²) in [6, 6.07) is -0.166. The monoisotopic (exact) mass is 223 g/mol. The van der Waals surface area contributed by atoms with Gasteiger partial charge in [-0.15, -0.1) is 6.42 Å². The molecular weight excluding hydrogens is 206 g/mol. The zero-order chi connectivity index (χ0) is 12.0. The molecule has 1 saturated heterocycles. The van der Waals surface area contributed by atoms with Crippen LogP contribution >= 0.6 is 0 Å². The summed E-state index contributed by atoms with van der Waals surface area (Å²) in [5, 5.41) is 8.48. The standard InChI is InChI=1S/C11H17N3O2/c1-3-6-12-11(16)8(2)13-7-9-4-5-10(15)14-9/h1,8-9,13H,4-7H2,2H3,(H,12,16)(H,14,15). The molecule has 5 heteroatoms. The van der Waals surface area contributed by atoms with E-state index < -0.39 is 0 Å². The van der Waals surface area contributed by atoms with E-state index in [0.29, 0.717) is 13.0 Å². The Morgan fingerprint density at radius 3 is 3.06 bits per heavy atom. The average molecular weight is 223 g/mol. The highest BCUT2D eigenvalue weighted by Gasteiger charge is 2.21. The second kappa shape index (κ2) is 6.13. The van der Waals surface area contributed by atoms with Gasteiger partial charge in [-0.2, -0.15) is 0 Å². The van der Waals surface area contributed by atoms with Crippen molar-refractivity contribution in [1.29, 1.82) is 0 Å². The van der Waals surface area contributed by atoms with Crippen molar-refractivity contribution in [2.45, 2.75) is 31.8 Å². The van der Waals surface area contributed by atoms with Gasteiger partial charge in [0, 0.05) is 19.0 Å². The molecule has 16 heavy (non-hydrogen) atoms. The van der Waals surface area contributed by atoms with Crippen LogP contribution in [0.3, 0.4) is 0 Å². The lowest BCUT2D eigenvalue weighted by molar-refractivity contribution is -0.122. The zero-order valence-electron chi connectivity index (χ0n) is 9.38. The fourth-order valence-corrected chi connectivity index (χ4v) is 1.53. The van der Waals surface area contributed by atoms with Crippen LogP contribution in [-0.4, -0.2) is 37.0 Å². The molecular formula is C11H17N3O2. The van der Waals surface area contributed by atoms with Crippen molar-refractivity contribution in [3.05, 3.63) is 0 Å². The third-order valence-corrected chi connectivity index (χ3v) is 2.51. The summed E-state index contributed by atoms with van der Waals surface area (Å²) in [7, 11) is 0. The van der Waals surface area contributed by atoms with E-state index in [1.54, 1.807) is 6.92 Å². The molecule has 0 aliphatic carbocycles. The Bertz CT molecular complexity index is 309. The summed E-state index contributed by atoms with van der Waals surface area (Å²) < 4.78 is 0. The van der Waals surface area contributed by atoms with E-state index in [4.69, 9.17) is 6.42 Å². The van der Waals surface area contributed by atoms with Crippen LogP contribution in [0.15, 0.2) is 0 Å². The number of carbonyl (C=O) groups excluding carboxylic acids is 2. The van der Waals surface area contributed by atoms with Crippen LogP contribution in [0.25, 0.3) is 0 Å². The fourth-order valence-electron chi connectivity index (χ4n) is 1.53. The van der Waals surface area contributed by atoms with Gasteiger partial charge in [0.25, 0.3) is 0 Å². The zero-order valence-corrected chi connectivity index (χ0v) is 9.38. The smallest absolute Gasteiger partial charge is 0.237 e. The lowest BCUT2D eigenvalue weighted by Gasteiger charge is -2.16. The summed E-state index contributed by atoms with van der Waals surface area (Å²) in [6.07, 6.45) is 6.43. The van der Waals surface area contributed by atoms with Gasteiger partial charge in [-0.05, 0) is 13.3 Å². The van der Waals surface area contributed by atoms with Crippen LogP contribution < -0.4 is 16.0 Å². The minimum absolute atomic E-state index is 0.0798. The largest absolute Gasteiger partial charge is 0.352 e. The minimum Gasteiger partial charge on any atom is -0.352 e. The van der Waals surface area contributed by atoms with Crippen LogP contribution in [0.4, 0.5) is 0 Å². The predicted molar refractivity (Wildman–Crippen MR) is 60.5 cm³/mol. The predicted octanol–water partition coefficient (Wildman–Crippen LogP) is -1.01. The fraction of sp³-hybridized carbons (Fsp3) is 0.636. The van der Waals surface area contributed by atoms with Gasteiger partial charge in [-0.3, -0.25) is 9.59 Å². The molecule has 2 unspecified atom stereocenters. The Morgan fingerprint density at radius 2 is 2.50 bits per heavy atom. The summed E-state index contributed by atoms with van der Waals surface area (Å²) in [5.74, 6) is 2.30. The molecule has 88 valence electrons. The molecule has 3 N–H and O–H groups in total. The minimum atomic E-state index is -0.300. The van der Waals surface area contributed by atoms with E-state index in [1.807, 2.05) is 0 Å². The number of amides is 2. The number of hydrogen-bond donors (Lipinski definition) is 3. The Hall–Kier alpha value is -1.54. The van der Waals surface area contributed by atoms with Crippen molar-refractivity contribution in [3.63, 3.8) is 0 Å². The van der Waals surface area contributed by atoms with Crippen LogP contribution in [0.5, 0.6) is 0 Å². The molecule has 0 aromatic carbocycles. The molecule has 0 radical (unpaired) electrons. The van der Waals surface area contributed by atoms with Crippen molar-refractivity contribution < 1.29 is 9.59 Å². The molecule has 0 spiro atoms. The summed E-state index contributed by atoms with van der Waals surface area (Å²) >= 11 is 0. The van der Waals surface area contributed by atoms with Crippen molar-refractivity contribution in [2.75, 3.05) is 13.1 Å². The second-order valence-corrected chi connectivity index (χ2v) is 3.85. The van der Waals surface area contributed by atoms with E-state index in [2.05, 4.69) is 21.9 Å². The molecule has 0 aromatic heterocycles. The topological polar surface area (TPSA) is 70.2 Å². The molecule has 0 saturated carbocycles. The van der Waals surface area contributed by atoms with Crippen molar-refractivity contribution in [2.24, 2.45) is 0 Å². The van der Waals surface area contributed by atoms with Gasteiger partial charge in [0.05, 0.1) is 12.6 Å². The molecule has 1 aliphatic heterocycles. The Morgan fingerprint density at radius 1 is 1.75 bits per heavy atom. The van der Waals surface area contributed by atoms with Crippen molar-refractivity contribution in [1.82, 2.24) is 16.0 Å². The molecule has 0 bridgehead atoms. The maximum Gasteiger partial charge on any atom is 0.237 e. The molecule has 1 heterocycles. The molecule has 1 rings (SSSR count). The SMILES string of the molecule is C#CCNC(=O)C(C)NCC1CCC(=O)N1. The molecule has 2 amide bonds. The highest BCUT2D eigenvalue weighted by molar-refractivity contribution is 5.81. The van der Waals surface area contributed by atoms with Crippen molar-refractivity contribution in [3.8, 4) is 12.3 Å². The summed E-state index contributed by atoms with van der Waals surface area (Å²) in [6.45, 7) is 2.62. The van der Waals surface area contributed by atoms with Crippen LogP contribution in [0, 0.1) is 12.3 Å². The first-order valence-corrected chi connectivity index (χ1v) is 5.37. The normalized spacial score (nSPS) is 21.0. The van der Waals surface area contributed by atoms with Crippen LogP contribution in [0.2, 0.25) is 0 Å². The van der Waals surface area contributed by atoms with Gasteiger partial charge in [-0.25, -0.2) is 0 Å². The first-order valence-electron chi connectivity index (χ1n) is 5.37. The lowest BCUT2D eigenvalue weighted by atomic mass is 10.2. The summed E-state index contributed by atoms with van der Waals surface area (Å²) in [4.78, 5) is 22.3. The molecule has 0 aromatic rings. The first-order chi connectivity index (χ1) is 7.63. The molecule has 1 fully saturated rings. The Kier molecular flexibility index (Phi) is 4.80. The quantitative estimate of drug-likeness (QED) is 0.523. The lowest BCUT2D eigenvalue weighted by Crippen LogP contribution is -2.46. The number of rotatable bonds is 5. The van der Waals surface area contributed by atoms with Crippen molar-refractivity contribution >= 4 is 11.8 Å². The van der Waals surface area contributed by atoms with Gasteiger partial charge < -0.3 is 16.0 Å². The van der Waals surface area contributed by atoms with Gasteiger partial charge in [-0.1, -0.05) is 5.92 Å². The highest BCUT2D eigenvalue weighted by Crippen LogP contribution is 2.05. The summed E-state index contributed by atoms with van der Waals surface area (Å²) in [5.41, 5.74) is 0. The van der Waals surface area contributed by atoms with E-state index in [-0.39, 0.29) is 30.4 Å². The van der Waals surface area contributed by atoms with E-state index in [9.17, 15) is 9.59 Å². The maximum atomic E-state index is 11.4. The maximum absolute atomic E-state index is 11.4. The number of carbonyl (C=O) groups is 2. The van der Waals surface area contributed by atoms with Gasteiger partial charge in [0.15, 0.2) is 0 Å². The third-order valence-electron chi connectivity index (χ3n) is 2.51. The molecule has 2 atom stereocenters. The van der Waals surface area contributed by atoms with Gasteiger partial charge in [0.2, 0.25) is 11.8 Å². The Labute approximate surface area is 95.4 Å². The van der Waals surface area contributed by atoms with Gasteiger partial charge in [0.1, 0.15) is 0 Å². The number of terminal acetylenes is 1. The van der Waals surface area contributed by atoms with E-state index >= 15 is 0 Å². The number of nitrogens with one attached hydrogen (secondary N) is 3. The number of hydrogen-bond acceptors (Lipinski definition) is 3.